The summed E-state index contributed by atoms with van der Waals surface area (Å²) >= 11 is 6.09. The van der Waals surface area contributed by atoms with Crippen LogP contribution in [0.25, 0.3) is 0 Å². The number of nitrogens with zero attached hydrogens (tertiary/aromatic N) is 3. The molecule has 0 aliphatic carbocycles. The summed E-state index contributed by atoms with van der Waals surface area (Å²) in [6.45, 7) is 3.62. The number of halogens is 1. The molecule has 0 atom stereocenters. The molecule has 1 aliphatic heterocycles. The first-order valence-corrected chi connectivity index (χ1v) is 15.2. The molecule has 0 saturated carbocycles. The topological polar surface area (TPSA) is 92.3 Å². The molecule has 4 aromatic rings. The van der Waals surface area contributed by atoms with Crippen LogP contribution in [0, 0.1) is 12.8 Å². The standard InChI is InChI=1S/C31H31ClN4O3S/c1-22-8-7-11-25(18-22)20-28-26(30(37)35-40(38,39)29-13-6-5-12-27(29)32)21-33-31(34-28)36-16-14-24(15-17-36)19-23-9-3-2-4-10-23/h2-13,18,21,24H,14-17,19-20H2,1H3,(H,35,37). The van der Waals surface area contributed by atoms with Crippen molar-refractivity contribution in [2.45, 2.75) is 37.5 Å². The fourth-order valence-electron chi connectivity index (χ4n) is 5.08. The molecule has 0 unspecified atom stereocenters. The van der Waals surface area contributed by atoms with Gasteiger partial charge in [-0.3, -0.25) is 4.79 Å². The molecule has 206 valence electrons. The molecule has 0 radical (unpaired) electrons. The number of aromatic nitrogens is 2. The van der Waals surface area contributed by atoms with Crippen molar-refractivity contribution in [1.82, 2.24) is 14.7 Å². The molecule has 1 amide bonds. The summed E-state index contributed by atoms with van der Waals surface area (Å²) in [5.41, 5.74) is 3.97. The maximum atomic E-state index is 13.3. The van der Waals surface area contributed by atoms with E-state index in [-0.39, 0.29) is 15.5 Å². The fraction of sp³-hybridized carbons (Fsp3) is 0.258. The molecule has 1 aliphatic rings. The normalized spacial score (nSPS) is 14.2. The number of aryl methyl sites for hydroxylation is 1. The molecule has 9 heteroatoms. The number of sulfonamides is 1. The number of hydrogen-bond acceptors (Lipinski definition) is 6. The number of carbonyl (C=O) groups is 1. The van der Waals surface area contributed by atoms with Gasteiger partial charge < -0.3 is 4.90 Å². The van der Waals surface area contributed by atoms with Crippen molar-refractivity contribution >= 4 is 33.5 Å². The third-order valence-corrected chi connectivity index (χ3v) is 9.00. The van der Waals surface area contributed by atoms with Crippen molar-refractivity contribution in [2.24, 2.45) is 5.92 Å². The first-order chi connectivity index (χ1) is 19.3. The minimum Gasteiger partial charge on any atom is -0.341 e. The Kier molecular flexibility index (Phi) is 8.47. The van der Waals surface area contributed by atoms with Gasteiger partial charge in [-0.15, -0.1) is 0 Å². The van der Waals surface area contributed by atoms with Gasteiger partial charge in [-0.05, 0) is 55.4 Å². The Morgan fingerprint density at radius 1 is 0.975 bits per heavy atom. The van der Waals surface area contributed by atoms with E-state index in [9.17, 15) is 13.2 Å². The fourth-order valence-corrected chi connectivity index (χ4v) is 6.56. The minimum absolute atomic E-state index is 0.0325. The molecule has 7 nitrogen and oxygen atoms in total. The molecule has 1 saturated heterocycles. The number of benzene rings is 3. The van der Waals surface area contributed by atoms with Crippen LogP contribution in [0.2, 0.25) is 5.02 Å². The van der Waals surface area contributed by atoms with E-state index in [0.717, 1.165) is 43.5 Å². The Morgan fingerprint density at radius 2 is 1.68 bits per heavy atom. The number of anilines is 1. The first kappa shape index (κ1) is 27.8. The highest BCUT2D eigenvalue weighted by molar-refractivity contribution is 7.90. The van der Waals surface area contributed by atoms with Crippen LogP contribution in [0.1, 0.15) is 45.6 Å². The Bertz CT molecular complexity index is 1600. The summed E-state index contributed by atoms with van der Waals surface area (Å²) in [7, 11) is -4.19. The Balaban J connectivity index is 1.38. The average Bonchev–Trinajstić information content (AvgIpc) is 2.94. The number of piperidine rings is 1. The van der Waals surface area contributed by atoms with Crippen molar-refractivity contribution in [3.63, 3.8) is 0 Å². The van der Waals surface area contributed by atoms with Crippen LogP contribution >= 0.6 is 11.6 Å². The van der Waals surface area contributed by atoms with Gasteiger partial charge in [0.15, 0.2) is 0 Å². The summed E-state index contributed by atoms with van der Waals surface area (Å²) in [5.74, 6) is 0.340. The zero-order valence-electron chi connectivity index (χ0n) is 22.3. The van der Waals surface area contributed by atoms with Crippen LogP contribution in [0.15, 0.2) is 90.0 Å². The molecule has 1 aromatic heterocycles. The Morgan fingerprint density at radius 3 is 2.40 bits per heavy atom. The summed E-state index contributed by atoms with van der Waals surface area (Å²) in [4.78, 5) is 24.6. The van der Waals surface area contributed by atoms with Gasteiger partial charge in [0.05, 0.1) is 16.3 Å². The third kappa shape index (κ3) is 6.69. The second kappa shape index (κ2) is 12.2. The van der Waals surface area contributed by atoms with Gasteiger partial charge >= 0.3 is 0 Å². The third-order valence-electron chi connectivity index (χ3n) is 7.17. The molecule has 5 rings (SSSR count). The lowest BCUT2D eigenvalue weighted by Gasteiger charge is -2.32. The maximum absolute atomic E-state index is 13.3. The maximum Gasteiger partial charge on any atom is 0.268 e. The SMILES string of the molecule is Cc1cccc(Cc2nc(N3CCC(Cc4ccccc4)CC3)ncc2C(=O)NS(=O)(=O)c2ccccc2Cl)c1. The van der Waals surface area contributed by atoms with E-state index in [1.54, 1.807) is 12.1 Å². The van der Waals surface area contributed by atoms with E-state index in [1.165, 1.54) is 23.9 Å². The lowest BCUT2D eigenvalue weighted by Crippen LogP contribution is -2.36. The van der Waals surface area contributed by atoms with Crippen molar-refractivity contribution in [2.75, 3.05) is 18.0 Å². The van der Waals surface area contributed by atoms with Gasteiger partial charge in [0.25, 0.3) is 15.9 Å². The highest BCUT2D eigenvalue weighted by Crippen LogP contribution is 2.26. The van der Waals surface area contributed by atoms with Gasteiger partial charge in [-0.25, -0.2) is 23.1 Å². The van der Waals surface area contributed by atoms with E-state index >= 15 is 0 Å². The highest BCUT2D eigenvalue weighted by Gasteiger charge is 2.26. The van der Waals surface area contributed by atoms with E-state index < -0.39 is 15.9 Å². The monoisotopic (exact) mass is 574 g/mol. The largest absolute Gasteiger partial charge is 0.341 e. The van der Waals surface area contributed by atoms with Crippen LogP contribution < -0.4 is 9.62 Å². The van der Waals surface area contributed by atoms with Crippen LogP contribution in [0.3, 0.4) is 0 Å². The zero-order valence-corrected chi connectivity index (χ0v) is 23.8. The van der Waals surface area contributed by atoms with Crippen LogP contribution in [0.4, 0.5) is 5.95 Å². The summed E-state index contributed by atoms with van der Waals surface area (Å²) < 4.78 is 28.1. The van der Waals surface area contributed by atoms with E-state index in [2.05, 4.69) is 38.9 Å². The smallest absolute Gasteiger partial charge is 0.268 e. The predicted molar refractivity (Wildman–Crippen MR) is 157 cm³/mol. The van der Waals surface area contributed by atoms with Gasteiger partial charge in [-0.2, -0.15) is 0 Å². The Hall–Kier alpha value is -3.75. The second-order valence-corrected chi connectivity index (χ2v) is 12.2. The number of hydrogen-bond donors (Lipinski definition) is 1. The zero-order chi connectivity index (χ0) is 28.1. The molecule has 1 fully saturated rings. The molecule has 0 bridgehead atoms. The second-order valence-electron chi connectivity index (χ2n) is 10.2. The quantitative estimate of drug-likeness (QED) is 0.294. The molecular weight excluding hydrogens is 544 g/mol. The minimum atomic E-state index is -4.19. The molecule has 1 N–H and O–H groups in total. The van der Waals surface area contributed by atoms with Gasteiger partial charge in [0.1, 0.15) is 4.90 Å². The summed E-state index contributed by atoms with van der Waals surface area (Å²) in [5, 5.41) is 0.0325. The van der Waals surface area contributed by atoms with Crippen molar-refractivity contribution in [3.05, 3.63) is 118 Å². The van der Waals surface area contributed by atoms with Crippen molar-refractivity contribution in [1.29, 1.82) is 0 Å². The predicted octanol–water partition coefficient (Wildman–Crippen LogP) is 5.61. The van der Waals surface area contributed by atoms with Crippen LogP contribution in [0.5, 0.6) is 0 Å². The highest BCUT2D eigenvalue weighted by atomic mass is 35.5. The average molecular weight is 575 g/mol. The van der Waals surface area contributed by atoms with Crippen molar-refractivity contribution < 1.29 is 13.2 Å². The number of carbonyl (C=O) groups excluding carboxylic acids is 1. The molecule has 2 heterocycles. The van der Waals surface area contributed by atoms with Gasteiger partial charge in [0.2, 0.25) is 5.95 Å². The van der Waals surface area contributed by atoms with Crippen LogP contribution in [-0.4, -0.2) is 37.4 Å². The van der Waals surface area contributed by atoms with Crippen molar-refractivity contribution in [3.8, 4) is 0 Å². The number of amides is 1. The molecule has 40 heavy (non-hydrogen) atoms. The van der Waals surface area contributed by atoms with E-state index in [1.807, 2.05) is 37.3 Å². The van der Waals surface area contributed by atoms with Gasteiger partial charge in [0, 0.05) is 25.7 Å². The van der Waals surface area contributed by atoms with E-state index in [0.29, 0.717) is 24.0 Å². The van der Waals surface area contributed by atoms with E-state index in [4.69, 9.17) is 16.6 Å². The lowest BCUT2D eigenvalue weighted by molar-refractivity contribution is 0.0980. The molecular formula is C31H31ClN4O3S. The van der Waals surface area contributed by atoms with Crippen LogP contribution in [-0.2, 0) is 22.9 Å². The lowest BCUT2D eigenvalue weighted by atomic mass is 9.90. The number of rotatable bonds is 8. The summed E-state index contributed by atoms with van der Waals surface area (Å²) in [6.07, 6.45) is 4.87. The Labute approximate surface area is 240 Å². The summed E-state index contributed by atoms with van der Waals surface area (Å²) in [6, 6.07) is 24.5. The molecule has 3 aromatic carbocycles. The number of nitrogens with one attached hydrogen (secondary N) is 1. The molecule has 0 spiro atoms. The van der Waals surface area contributed by atoms with Gasteiger partial charge in [-0.1, -0.05) is 83.9 Å². The first-order valence-electron chi connectivity index (χ1n) is 13.3.